The Morgan fingerprint density at radius 3 is 2.31 bits per heavy atom. The lowest BCUT2D eigenvalue weighted by Crippen LogP contribution is -2.31. The summed E-state index contributed by atoms with van der Waals surface area (Å²) in [5.74, 6) is 0.771. The summed E-state index contributed by atoms with van der Waals surface area (Å²) in [4.78, 5) is 11.9. The Bertz CT molecular complexity index is 208. The zero-order valence-electron chi connectivity index (χ0n) is 11.3. The van der Waals surface area contributed by atoms with Gasteiger partial charge >= 0.3 is 0 Å². The first-order valence-corrected chi connectivity index (χ1v) is 7.03. The van der Waals surface area contributed by atoms with E-state index in [0.717, 1.165) is 19.4 Å². The largest absolute Gasteiger partial charge is 0.355 e. The highest BCUT2D eigenvalue weighted by atomic mass is 79.9. The molecule has 0 bridgehead atoms. The number of hydrogen-bond donors (Lipinski definition) is 1. The van der Waals surface area contributed by atoms with Crippen LogP contribution >= 0.6 is 15.9 Å². The molecule has 96 valence electrons. The van der Waals surface area contributed by atoms with Gasteiger partial charge in [0.2, 0.25) is 5.91 Å². The number of hydrogen-bond acceptors (Lipinski definition) is 1. The summed E-state index contributed by atoms with van der Waals surface area (Å²) < 4.78 is 0. The molecule has 16 heavy (non-hydrogen) atoms. The van der Waals surface area contributed by atoms with Gasteiger partial charge in [-0.2, -0.15) is 0 Å². The van der Waals surface area contributed by atoms with E-state index in [-0.39, 0.29) is 5.91 Å². The van der Waals surface area contributed by atoms with Gasteiger partial charge < -0.3 is 5.32 Å². The highest BCUT2D eigenvalue weighted by Crippen LogP contribution is 2.24. The molecule has 0 aromatic heterocycles. The average Bonchev–Trinajstić information content (AvgIpc) is 2.08. The average molecular weight is 292 g/mol. The SMILES string of the molecule is CC(C)CCC(=O)NCC(Br)CC(C)(C)C. The Morgan fingerprint density at radius 2 is 1.88 bits per heavy atom. The lowest BCUT2D eigenvalue weighted by molar-refractivity contribution is -0.121. The van der Waals surface area contributed by atoms with Crippen LogP contribution in [0.1, 0.15) is 53.9 Å². The molecular formula is C13H26BrNO. The fourth-order valence-electron chi connectivity index (χ4n) is 1.47. The van der Waals surface area contributed by atoms with E-state index in [0.29, 0.717) is 22.6 Å². The first kappa shape index (κ1) is 16.0. The van der Waals surface area contributed by atoms with Crippen LogP contribution in [0.2, 0.25) is 0 Å². The normalized spacial score (nSPS) is 13.9. The third kappa shape index (κ3) is 10.5. The van der Waals surface area contributed by atoms with Gasteiger partial charge in [0.1, 0.15) is 0 Å². The van der Waals surface area contributed by atoms with Gasteiger partial charge in [0, 0.05) is 17.8 Å². The second kappa shape index (κ2) is 7.31. The smallest absolute Gasteiger partial charge is 0.220 e. The van der Waals surface area contributed by atoms with Gasteiger partial charge in [0.05, 0.1) is 0 Å². The fourth-order valence-corrected chi connectivity index (χ4v) is 2.60. The van der Waals surface area contributed by atoms with E-state index >= 15 is 0 Å². The highest BCUT2D eigenvalue weighted by molar-refractivity contribution is 9.09. The second-order valence-corrected chi connectivity index (χ2v) is 7.39. The third-order valence-corrected chi connectivity index (χ3v) is 2.95. The highest BCUT2D eigenvalue weighted by Gasteiger charge is 2.16. The lowest BCUT2D eigenvalue weighted by atomic mass is 9.90. The minimum atomic E-state index is 0.173. The van der Waals surface area contributed by atoms with Gasteiger partial charge in [0.25, 0.3) is 0 Å². The van der Waals surface area contributed by atoms with Crippen LogP contribution in [-0.2, 0) is 4.79 Å². The molecule has 0 fully saturated rings. The molecule has 3 heteroatoms. The molecule has 0 aliphatic rings. The second-order valence-electron chi connectivity index (χ2n) is 6.10. The van der Waals surface area contributed by atoms with Gasteiger partial charge in [-0.3, -0.25) is 4.79 Å². The van der Waals surface area contributed by atoms with Crippen molar-refractivity contribution in [1.82, 2.24) is 5.32 Å². The van der Waals surface area contributed by atoms with E-state index in [2.05, 4.69) is 55.9 Å². The van der Waals surface area contributed by atoms with Crippen molar-refractivity contribution < 1.29 is 4.79 Å². The standard InChI is InChI=1S/C13H26BrNO/c1-10(2)6-7-12(16)15-9-11(14)8-13(3,4)5/h10-11H,6-9H2,1-5H3,(H,15,16). The topological polar surface area (TPSA) is 29.1 Å². The van der Waals surface area contributed by atoms with Crippen LogP contribution in [0.25, 0.3) is 0 Å². The summed E-state index contributed by atoms with van der Waals surface area (Å²) in [6.45, 7) is 11.6. The maximum atomic E-state index is 11.5. The maximum Gasteiger partial charge on any atom is 0.220 e. The molecule has 0 saturated heterocycles. The number of carbonyl (C=O) groups is 1. The van der Waals surface area contributed by atoms with Gasteiger partial charge in [-0.25, -0.2) is 0 Å². The zero-order valence-corrected chi connectivity index (χ0v) is 12.9. The monoisotopic (exact) mass is 291 g/mol. The summed E-state index contributed by atoms with van der Waals surface area (Å²) in [7, 11) is 0. The van der Waals surface area contributed by atoms with Crippen molar-refractivity contribution in [2.24, 2.45) is 11.3 Å². The lowest BCUT2D eigenvalue weighted by Gasteiger charge is -2.22. The Balaban J connectivity index is 3.67. The Morgan fingerprint density at radius 1 is 1.31 bits per heavy atom. The number of rotatable bonds is 6. The molecule has 0 saturated carbocycles. The molecule has 0 aromatic rings. The Labute approximate surface area is 109 Å². The summed E-state index contributed by atoms with van der Waals surface area (Å²) in [6.07, 6.45) is 2.68. The molecule has 0 heterocycles. The number of amides is 1. The van der Waals surface area contributed by atoms with Crippen LogP contribution in [0, 0.1) is 11.3 Å². The Kier molecular flexibility index (Phi) is 7.29. The van der Waals surface area contributed by atoms with Crippen molar-refractivity contribution in [2.45, 2.75) is 58.7 Å². The quantitative estimate of drug-likeness (QED) is 0.742. The Hall–Kier alpha value is -0.0500. The van der Waals surface area contributed by atoms with E-state index in [1.807, 2.05) is 0 Å². The molecule has 1 amide bonds. The predicted molar refractivity (Wildman–Crippen MR) is 73.9 cm³/mol. The number of alkyl halides is 1. The fraction of sp³-hybridized carbons (Fsp3) is 0.923. The van der Waals surface area contributed by atoms with Gasteiger partial charge in [-0.1, -0.05) is 50.5 Å². The molecule has 1 atom stereocenters. The molecule has 0 aromatic carbocycles. The van der Waals surface area contributed by atoms with Crippen LogP contribution in [0.4, 0.5) is 0 Å². The van der Waals surface area contributed by atoms with Crippen LogP contribution in [0.5, 0.6) is 0 Å². The molecule has 1 N–H and O–H groups in total. The van der Waals surface area contributed by atoms with E-state index in [4.69, 9.17) is 0 Å². The number of carbonyl (C=O) groups excluding carboxylic acids is 1. The van der Waals surface area contributed by atoms with E-state index in [1.165, 1.54) is 0 Å². The van der Waals surface area contributed by atoms with Crippen molar-refractivity contribution in [3.63, 3.8) is 0 Å². The first-order chi connectivity index (χ1) is 7.20. The van der Waals surface area contributed by atoms with Gasteiger partial charge in [-0.05, 0) is 24.2 Å². The molecule has 0 aliphatic carbocycles. The predicted octanol–water partition coefficient (Wildman–Crippen LogP) is 3.74. The van der Waals surface area contributed by atoms with Crippen molar-refractivity contribution >= 4 is 21.8 Å². The molecule has 0 spiro atoms. The zero-order chi connectivity index (χ0) is 12.8. The van der Waals surface area contributed by atoms with E-state index < -0.39 is 0 Å². The molecular weight excluding hydrogens is 266 g/mol. The third-order valence-electron chi connectivity index (χ3n) is 2.30. The van der Waals surface area contributed by atoms with Crippen LogP contribution in [-0.4, -0.2) is 17.3 Å². The minimum Gasteiger partial charge on any atom is -0.355 e. The van der Waals surface area contributed by atoms with Crippen molar-refractivity contribution in [3.8, 4) is 0 Å². The van der Waals surface area contributed by atoms with Crippen molar-refractivity contribution in [1.29, 1.82) is 0 Å². The van der Waals surface area contributed by atoms with Crippen LogP contribution in [0.15, 0.2) is 0 Å². The number of nitrogens with one attached hydrogen (secondary N) is 1. The molecule has 1 unspecified atom stereocenters. The van der Waals surface area contributed by atoms with Crippen molar-refractivity contribution in [2.75, 3.05) is 6.54 Å². The summed E-state index contributed by atoms with van der Waals surface area (Å²) in [6, 6.07) is 0. The molecule has 0 radical (unpaired) electrons. The van der Waals surface area contributed by atoms with Gasteiger partial charge in [-0.15, -0.1) is 0 Å². The molecule has 2 nitrogen and oxygen atoms in total. The van der Waals surface area contributed by atoms with Crippen LogP contribution < -0.4 is 5.32 Å². The molecule has 0 aliphatic heterocycles. The minimum absolute atomic E-state index is 0.173. The maximum absolute atomic E-state index is 11.5. The summed E-state index contributed by atoms with van der Waals surface area (Å²) in [5, 5.41) is 2.97. The van der Waals surface area contributed by atoms with Gasteiger partial charge in [0.15, 0.2) is 0 Å². The molecule has 0 rings (SSSR count). The van der Waals surface area contributed by atoms with E-state index in [1.54, 1.807) is 0 Å². The summed E-state index contributed by atoms with van der Waals surface area (Å²) in [5.41, 5.74) is 0.302. The number of halogens is 1. The van der Waals surface area contributed by atoms with Crippen molar-refractivity contribution in [3.05, 3.63) is 0 Å². The van der Waals surface area contributed by atoms with E-state index in [9.17, 15) is 4.79 Å². The summed E-state index contributed by atoms with van der Waals surface area (Å²) >= 11 is 3.61. The first-order valence-electron chi connectivity index (χ1n) is 6.11. The van der Waals surface area contributed by atoms with Crippen LogP contribution in [0.3, 0.4) is 0 Å².